The van der Waals surface area contributed by atoms with Crippen LogP contribution < -0.4 is 0 Å². The number of hydrogen-bond acceptors (Lipinski definition) is 5. The summed E-state index contributed by atoms with van der Waals surface area (Å²) in [6.07, 6.45) is -0.268. The summed E-state index contributed by atoms with van der Waals surface area (Å²) in [5.74, 6) is -0.282. The summed E-state index contributed by atoms with van der Waals surface area (Å²) in [5.41, 5.74) is 6.10. The molecule has 4 rings (SSSR count). The molecule has 6 nitrogen and oxygen atoms in total. The Morgan fingerprint density at radius 2 is 1.65 bits per heavy atom. The lowest BCUT2D eigenvalue weighted by Gasteiger charge is -2.12. The van der Waals surface area contributed by atoms with Crippen molar-refractivity contribution in [1.29, 1.82) is 0 Å². The first-order valence-corrected chi connectivity index (χ1v) is 11.2. The number of carbonyl (C=O) groups is 1. The SMILES string of the molecule is Cc1noc(-c2ccc(-c3cccc(CCC(=O)O)c3)cc2)c1C(O)COCc1ccccc1. The third-order valence-corrected chi connectivity index (χ3v) is 5.66. The van der Waals surface area contributed by atoms with Crippen LogP contribution in [0, 0.1) is 6.92 Å². The van der Waals surface area contributed by atoms with Crippen LogP contribution >= 0.6 is 0 Å². The quantitative estimate of drug-likeness (QED) is 0.323. The molecular weight excluding hydrogens is 430 g/mol. The smallest absolute Gasteiger partial charge is 0.303 e. The predicted molar refractivity (Wildman–Crippen MR) is 129 cm³/mol. The molecule has 0 aliphatic rings. The number of benzene rings is 3. The lowest BCUT2D eigenvalue weighted by Crippen LogP contribution is -2.09. The van der Waals surface area contributed by atoms with Crippen molar-refractivity contribution in [2.24, 2.45) is 0 Å². The topological polar surface area (TPSA) is 92.8 Å². The van der Waals surface area contributed by atoms with Crippen molar-refractivity contribution in [3.8, 4) is 22.5 Å². The fourth-order valence-corrected chi connectivity index (χ4v) is 3.90. The number of hydrogen-bond donors (Lipinski definition) is 2. The second-order valence-electron chi connectivity index (χ2n) is 8.20. The van der Waals surface area contributed by atoms with Crippen LogP contribution in [0.15, 0.2) is 83.4 Å². The Morgan fingerprint density at radius 3 is 2.38 bits per heavy atom. The van der Waals surface area contributed by atoms with Gasteiger partial charge in [0, 0.05) is 12.0 Å². The molecule has 1 unspecified atom stereocenters. The summed E-state index contributed by atoms with van der Waals surface area (Å²) < 4.78 is 11.3. The van der Waals surface area contributed by atoms with E-state index in [0.29, 0.717) is 30.0 Å². The van der Waals surface area contributed by atoms with E-state index in [1.54, 1.807) is 6.92 Å². The first-order valence-electron chi connectivity index (χ1n) is 11.2. The van der Waals surface area contributed by atoms with E-state index in [-0.39, 0.29) is 13.0 Å². The van der Waals surface area contributed by atoms with Crippen LogP contribution in [-0.2, 0) is 22.6 Å². The van der Waals surface area contributed by atoms with Gasteiger partial charge >= 0.3 is 5.97 Å². The number of aliphatic hydroxyl groups is 1. The molecule has 6 heteroatoms. The minimum atomic E-state index is -0.865. The van der Waals surface area contributed by atoms with Gasteiger partial charge in [-0.2, -0.15) is 0 Å². The van der Waals surface area contributed by atoms with Crippen LogP contribution in [0.25, 0.3) is 22.5 Å². The zero-order valence-electron chi connectivity index (χ0n) is 19.0. The van der Waals surface area contributed by atoms with Crippen LogP contribution in [-0.4, -0.2) is 27.9 Å². The van der Waals surface area contributed by atoms with Gasteiger partial charge in [-0.05, 0) is 35.6 Å². The van der Waals surface area contributed by atoms with E-state index in [2.05, 4.69) is 5.16 Å². The maximum absolute atomic E-state index is 10.9. The Balaban J connectivity index is 1.47. The van der Waals surface area contributed by atoms with Crippen LogP contribution in [0.4, 0.5) is 0 Å². The minimum absolute atomic E-state index is 0.105. The Labute approximate surface area is 198 Å². The molecule has 4 aromatic rings. The average Bonchev–Trinajstić information content (AvgIpc) is 3.25. The maximum Gasteiger partial charge on any atom is 0.303 e. The average molecular weight is 458 g/mol. The molecule has 0 radical (unpaired) electrons. The number of aromatic nitrogens is 1. The molecule has 3 aromatic carbocycles. The molecule has 2 N–H and O–H groups in total. The summed E-state index contributed by atoms with van der Waals surface area (Å²) in [4.78, 5) is 10.9. The van der Waals surface area contributed by atoms with Gasteiger partial charge in [-0.15, -0.1) is 0 Å². The number of aryl methyl sites for hydroxylation is 2. The fraction of sp³-hybridized carbons (Fsp3) is 0.214. The summed E-state index contributed by atoms with van der Waals surface area (Å²) in [7, 11) is 0. The molecule has 34 heavy (non-hydrogen) atoms. The van der Waals surface area contributed by atoms with Crippen molar-refractivity contribution in [2.75, 3.05) is 6.61 Å². The number of carboxylic acid groups (broad SMARTS) is 1. The predicted octanol–water partition coefficient (Wildman–Crippen LogP) is 5.58. The number of rotatable bonds is 10. The highest BCUT2D eigenvalue weighted by molar-refractivity contribution is 5.71. The first kappa shape index (κ1) is 23.4. The van der Waals surface area contributed by atoms with Gasteiger partial charge in [-0.3, -0.25) is 4.79 Å². The van der Waals surface area contributed by atoms with Gasteiger partial charge < -0.3 is 19.5 Å². The van der Waals surface area contributed by atoms with E-state index in [0.717, 1.165) is 27.8 Å². The third kappa shape index (κ3) is 5.78. The number of nitrogens with zero attached hydrogens (tertiary/aromatic N) is 1. The van der Waals surface area contributed by atoms with Gasteiger partial charge in [-0.25, -0.2) is 0 Å². The number of ether oxygens (including phenoxy) is 1. The zero-order valence-corrected chi connectivity index (χ0v) is 19.0. The molecular formula is C28H27NO5. The van der Waals surface area contributed by atoms with Crippen molar-refractivity contribution in [3.05, 3.63) is 101 Å². The van der Waals surface area contributed by atoms with Gasteiger partial charge in [-0.1, -0.05) is 84.0 Å². The lowest BCUT2D eigenvalue weighted by molar-refractivity contribution is -0.136. The van der Waals surface area contributed by atoms with Gasteiger partial charge in [0.05, 0.1) is 24.5 Å². The second-order valence-corrected chi connectivity index (χ2v) is 8.20. The van der Waals surface area contributed by atoms with Gasteiger partial charge in [0.2, 0.25) is 0 Å². The maximum atomic E-state index is 10.9. The van der Waals surface area contributed by atoms with Crippen LogP contribution in [0.3, 0.4) is 0 Å². The van der Waals surface area contributed by atoms with E-state index >= 15 is 0 Å². The molecule has 0 fully saturated rings. The molecule has 1 heterocycles. The van der Waals surface area contributed by atoms with E-state index in [4.69, 9.17) is 14.4 Å². The molecule has 0 amide bonds. The fourth-order valence-electron chi connectivity index (χ4n) is 3.90. The van der Waals surface area contributed by atoms with E-state index in [1.807, 2.05) is 78.9 Å². The van der Waals surface area contributed by atoms with Crippen molar-refractivity contribution >= 4 is 5.97 Å². The molecule has 0 bridgehead atoms. The van der Waals surface area contributed by atoms with Crippen molar-refractivity contribution in [1.82, 2.24) is 5.16 Å². The Morgan fingerprint density at radius 1 is 0.941 bits per heavy atom. The molecule has 174 valence electrons. The van der Waals surface area contributed by atoms with Crippen molar-refractivity contribution in [2.45, 2.75) is 32.5 Å². The van der Waals surface area contributed by atoms with E-state index < -0.39 is 12.1 Å². The standard InChI is InChI=1S/C28H27NO5/c1-19-27(25(30)18-33-17-21-6-3-2-4-7-21)28(34-29-19)23-13-11-22(12-14-23)24-9-5-8-20(16-24)10-15-26(31)32/h2-9,11-14,16,25,30H,10,15,17-18H2,1H3,(H,31,32). The molecule has 1 aromatic heterocycles. The van der Waals surface area contributed by atoms with Crippen molar-refractivity contribution in [3.63, 3.8) is 0 Å². The Bertz CT molecular complexity index is 1230. The summed E-state index contributed by atoms with van der Waals surface area (Å²) in [6.45, 7) is 2.35. The van der Waals surface area contributed by atoms with Gasteiger partial charge in [0.1, 0.15) is 6.10 Å². The normalized spacial score (nSPS) is 11.9. The molecule has 0 spiro atoms. The second kappa shape index (κ2) is 10.9. The highest BCUT2D eigenvalue weighted by Gasteiger charge is 2.22. The van der Waals surface area contributed by atoms with Gasteiger partial charge in [0.15, 0.2) is 5.76 Å². The van der Waals surface area contributed by atoms with E-state index in [9.17, 15) is 9.90 Å². The number of aliphatic hydroxyl groups excluding tert-OH is 1. The summed E-state index contributed by atoms with van der Waals surface area (Å²) in [5, 5.41) is 23.8. The minimum Gasteiger partial charge on any atom is -0.481 e. The summed E-state index contributed by atoms with van der Waals surface area (Å²) in [6, 6.07) is 25.5. The number of carboxylic acids is 1. The first-order chi connectivity index (χ1) is 16.5. The third-order valence-electron chi connectivity index (χ3n) is 5.66. The highest BCUT2D eigenvalue weighted by Crippen LogP contribution is 2.33. The highest BCUT2D eigenvalue weighted by atomic mass is 16.5. The van der Waals surface area contributed by atoms with Crippen molar-refractivity contribution < 1.29 is 24.3 Å². The van der Waals surface area contributed by atoms with Crippen LogP contribution in [0.1, 0.15) is 34.9 Å². The van der Waals surface area contributed by atoms with Gasteiger partial charge in [0.25, 0.3) is 0 Å². The Kier molecular flexibility index (Phi) is 7.52. The monoisotopic (exact) mass is 457 g/mol. The summed E-state index contributed by atoms with van der Waals surface area (Å²) >= 11 is 0. The molecule has 0 saturated carbocycles. The molecule has 1 atom stereocenters. The largest absolute Gasteiger partial charge is 0.481 e. The molecule has 0 aliphatic heterocycles. The molecule has 0 saturated heterocycles. The Hall–Kier alpha value is -3.74. The number of aliphatic carboxylic acids is 1. The zero-order chi connectivity index (χ0) is 23.9. The van der Waals surface area contributed by atoms with Crippen LogP contribution in [0.2, 0.25) is 0 Å². The lowest BCUT2D eigenvalue weighted by atomic mass is 9.98. The van der Waals surface area contributed by atoms with Crippen LogP contribution in [0.5, 0.6) is 0 Å². The molecule has 0 aliphatic carbocycles. The van der Waals surface area contributed by atoms with E-state index in [1.165, 1.54) is 0 Å².